The first-order valence-electron chi connectivity index (χ1n) is 8.08. The lowest BCUT2D eigenvalue weighted by Crippen LogP contribution is -2.41. The molecule has 0 aliphatic carbocycles. The van der Waals surface area contributed by atoms with Gasteiger partial charge in [-0.3, -0.25) is 0 Å². The molecule has 18 heavy (non-hydrogen) atoms. The summed E-state index contributed by atoms with van der Waals surface area (Å²) in [5.41, 5.74) is 0.458. The predicted octanol–water partition coefficient (Wildman–Crippen LogP) is 3.71. The highest BCUT2D eigenvalue weighted by molar-refractivity contribution is 4.76. The average Bonchev–Trinajstić information content (AvgIpc) is 2.58. The molecular formula is C16H34N2. The molecule has 1 heterocycles. The molecule has 0 aromatic heterocycles. The predicted molar refractivity (Wildman–Crippen MR) is 81.1 cm³/mol. The normalized spacial score (nSPS) is 21.8. The Labute approximate surface area is 114 Å². The fourth-order valence-electron chi connectivity index (χ4n) is 2.80. The van der Waals surface area contributed by atoms with Gasteiger partial charge in [-0.05, 0) is 31.2 Å². The molecule has 1 rings (SSSR count). The fourth-order valence-corrected chi connectivity index (χ4v) is 2.80. The van der Waals surface area contributed by atoms with Gasteiger partial charge in [-0.2, -0.15) is 0 Å². The Bertz CT molecular complexity index is 193. The van der Waals surface area contributed by atoms with E-state index in [2.05, 4.69) is 31.4 Å². The Balaban J connectivity index is 2.10. The van der Waals surface area contributed by atoms with Gasteiger partial charge in [0.15, 0.2) is 0 Å². The Hall–Kier alpha value is -0.0800. The van der Waals surface area contributed by atoms with Crippen molar-refractivity contribution in [2.45, 2.75) is 78.2 Å². The van der Waals surface area contributed by atoms with E-state index < -0.39 is 0 Å². The quantitative estimate of drug-likeness (QED) is 0.645. The van der Waals surface area contributed by atoms with E-state index in [0.717, 1.165) is 13.1 Å². The monoisotopic (exact) mass is 254 g/mol. The van der Waals surface area contributed by atoms with Gasteiger partial charge in [0.1, 0.15) is 0 Å². The second-order valence-corrected chi connectivity index (χ2v) is 6.75. The molecule has 0 aromatic carbocycles. The van der Waals surface area contributed by atoms with Crippen LogP contribution in [0.25, 0.3) is 0 Å². The first kappa shape index (κ1) is 16.0. The van der Waals surface area contributed by atoms with Gasteiger partial charge in [-0.25, -0.2) is 0 Å². The summed E-state index contributed by atoms with van der Waals surface area (Å²) in [6.07, 6.45) is 11.0. The van der Waals surface area contributed by atoms with Gasteiger partial charge in [0.2, 0.25) is 0 Å². The van der Waals surface area contributed by atoms with Crippen molar-refractivity contribution in [2.75, 3.05) is 19.6 Å². The third-order valence-electron chi connectivity index (χ3n) is 4.11. The lowest BCUT2D eigenvalue weighted by atomic mass is 9.87. The Morgan fingerprint density at radius 1 is 1.17 bits per heavy atom. The van der Waals surface area contributed by atoms with Crippen LogP contribution in [0.1, 0.15) is 72.1 Å². The summed E-state index contributed by atoms with van der Waals surface area (Å²) >= 11 is 0. The van der Waals surface area contributed by atoms with E-state index in [-0.39, 0.29) is 0 Å². The Kier molecular flexibility index (Phi) is 7.92. The van der Waals surface area contributed by atoms with E-state index in [1.54, 1.807) is 0 Å². The van der Waals surface area contributed by atoms with Gasteiger partial charge in [0.25, 0.3) is 0 Å². The molecule has 2 heteroatoms. The molecule has 2 nitrogen and oxygen atoms in total. The molecule has 0 spiro atoms. The number of rotatable bonds is 8. The molecule has 0 bridgehead atoms. The van der Waals surface area contributed by atoms with E-state index >= 15 is 0 Å². The van der Waals surface area contributed by atoms with Crippen molar-refractivity contribution in [3.05, 3.63) is 0 Å². The number of unbranched alkanes of at least 4 members (excludes halogenated alkanes) is 2. The van der Waals surface area contributed by atoms with Crippen molar-refractivity contribution in [2.24, 2.45) is 5.41 Å². The summed E-state index contributed by atoms with van der Waals surface area (Å²) in [5.74, 6) is 0. The van der Waals surface area contributed by atoms with Crippen molar-refractivity contribution in [1.29, 1.82) is 0 Å². The molecule has 1 aliphatic heterocycles. The van der Waals surface area contributed by atoms with Crippen LogP contribution in [-0.2, 0) is 0 Å². The molecule has 1 fully saturated rings. The van der Waals surface area contributed by atoms with E-state index in [1.165, 1.54) is 57.9 Å². The number of hydrogen-bond donors (Lipinski definition) is 2. The van der Waals surface area contributed by atoms with E-state index in [4.69, 9.17) is 0 Å². The van der Waals surface area contributed by atoms with Gasteiger partial charge >= 0.3 is 0 Å². The van der Waals surface area contributed by atoms with Crippen LogP contribution in [0, 0.1) is 5.41 Å². The summed E-state index contributed by atoms with van der Waals surface area (Å²) in [5, 5.41) is 7.35. The smallest absolute Gasteiger partial charge is 0.0192 e. The van der Waals surface area contributed by atoms with Crippen LogP contribution >= 0.6 is 0 Å². The second kappa shape index (κ2) is 8.92. The summed E-state index contributed by atoms with van der Waals surface area (Å²) in [7, 11) is 0. The van der Waals surface area contributed by atoms with Gasteiger partial charge in [-0.15, -0.1) is 0 Å². The fraction of sp³-hybridized carbons (Fsp3) is 1.00. The van der Waals surface area contributed by atoms with Gasteiger partial charge in [-0.1, -0.05) is 52.9 Å². The molecular weight excluding hydrogens is 220 g/mol. The van der Waals surface area contributed by atoms with Crippen molar-refractivity contribution < 1.29 is 0 Å². The summed E-state index contributed by atoms with van der Waals surface area (Å²) in [4.78, 5) is 0. The molecule has 1 saturated heterocycles. The van der Waals surface area contributed by atoms with Crippen LogP contribution in [0.2, 0.25) is 0 Å². The van der Waals surface area contributed by atoms with Gasteiger partial charge in [0, 0.05) is 19.1 Å². The number of nitrogens with one attached hydrogen (secondary N) is 2. The molecule has 1 aliphatic rings. The van der Waals surface area contributed by atoms with Crippen LogP contribution < -0.4 is 10.6 Å². The third-order valence-corrected chi connectivity index (χ3v) is 4.11. The minimum absolute atomic E-state index is 0.458. The van der Waals surface area contributed by atoms with E-state index in [9.17, 15) is 0 Å². The molecule has 1 unspecified atom stereocenters. The SMILES string of the molecule is CCCCCC(C)(C)CNCC1CCCCCN1. The van der Waals surface area contributed by atoms with E-state index in [1.807, 2.05) is 0 Å². The third kappa shape index (κ3) is 7.38. The second-order valence-electron chi connectivity index (χ2n) is 6.75. The van der Waals surface area contributed by atoms with Crippen molar-refractivity contribution in [1.82, 2.24) is 10.6 Å². The molecule has 1 atom stereocenters. The highest BCUT2D eigenvalue weighted by atomic mass is 15.0. The summed E-state index contributed by atoms with van der Waals surface area (Å²) < 4.78 is 0. The maximum absolute atomic E-state index is 3.69. The highest BCUT2D eigenvalue weighted by Gasteiger charge is 2.18. The Morgan fingerprint density at radius 3 is 2.78 bits per heavy atom. The van der Waals surface area contributed by atoms with Gasteiger partial charge in [0.05, 0.1) is 0 Å². The van der Waals surface area contributed by atoms with Crippen LogP contribution in [0.3, 0.4) is 0 Å². The lowest BCUT2D eigenvalue weighted by molar-refractivity contribution is 0.295. The molecule has 0 amide bonds. The summed E-state index contributed by atoms with van der Waals surface area (Å²) in [6.45, 7) is 10.6. The van der Waals surface area contributed by atoms with Crippen LogP contribution in [0.5, 0.6) is 0 Å². The largest absolute Gasteiger partial charge is 0.315 e. The Morgan fingerprint density at radius 2 is 2.00 bits per heavy atom. The topological polar surface area (TPSA) is 24.1 Å². The number of hydrogen-bond acceptors (Lipinski definition) is 2. The first-order valence-corrected chi connectivity index (χ1v) is 8.08. The summed E-state index contributed by atoms with van der Waals surface area (Å²) in [6, 6.07) is 0.707. The van der Waals surface area contributed by atoms with Crippen molar-refractivity contribution in [3.63, 3.8) is 0 Å². The molecule has 108 valence electrons. The van der Waals surface area contributed by atoms with Crippen molar-refractivity contribution in [3.8, 4) is 0 Å². The zero-order chi connectivity index (χ0) is 13.3. The molecule has 2 N–H and O–H groups in total. The standard InChI is InChI=1S/C16H34N2/c1-4-5-8-11-16(2,3)14-17-13-15-10-7-6-9-12-18-15/h15,17-18H,4-14H2,1-3H3. The molecule has 0 radical (unpaired) electrons. The van der Waals surface area contributed by atoms with Gasteiger partial charge < -0.3 is 10.6 Å². The van der Waals surface area contributed by atoms with Crippen LogP contribution in [0.4, 0.5) is 0 Å². The van der Waals surface area contributed by atoms with Crippen LogP contribution in [-0.4, -0.2) is 25.7 Å². The van der Waals surface area contributed by atoms with Crippen LogP contribution in [0.15, 0.2) is 0 Å². The zero-order valence-electron chi connectivity index (χ0n) is 12.9. The highest BCUT2D eigenvalue weighted by Crippen LogP contribution is 2.22. The molecule has 0 saturated carbocycles. The van der Waals surface area contributed by atoms with E-state index in [0.29, 0.717) is 11.5 Å². The minimum atomic E-state index is 0.458. The first-order chi connectivity index (χ1) is 8.64. The zero-order valence-corrected chi connectivity index (χ0v) is 12.9. The van der Waals surface area contributed by atoms with Crippen molar-refractivity contribution >= 4 is 0 Å². The lowest BCUT2D eigenvalue weighted by Gasteiger charge is -2.26. The molecule has 0 aromatic rings. The maximum Gasteiger partial charge on any atom is 0.0192 e. The minimum Gasteiger partial charge on any atom is -0.315 e. The maximum atomic E-state index is 3.69. The average molecular weight is 254 g/mol.